The van der Waals surface area contributed by atoms with Crippen molar-refractivity contribution >= 4 is 5.82 Å². The normalized spacial score (nSPS) is 11.8. The van der Waals surface area contributed by atoms with Crippen molar-refractivity contribution < 1.29 is 0 Å². The Bertz CT molecular complexity index is 554. The van der Waals surface area contributed by atoms with Crippen LogP contribution >= 0.6 is 0 Å². The molecule has 0 radical (unpaired) electrons. The lowest BCUT2D eigenvalue weighted by Gasteiger charge is -2.15. The molecule has 0 aliphatic carbocycles. The molecule has 18 heavy (non-hydrogen) atoms. The third-order valence-corrected chi connectivity index (χ3v) is 3.16. The maximum atomic E-state index is 6.11. The number of benzene rings is 1. The molecule has 0 spiro atoms. The van der Waals surface area contributed by atoms with Gasteiger partial charge in [-0.25, -0.2) is 4.68 Å². The first kappa shape index (κ1) is 12.7. The van der Waals surface area contributed by atoms with Crippen molar-refractivity contribution in [1.82, 2.24) is 9.78 Å². The molecule has 0 saturated heterocycles. The molecule has 1 heterocycles. The first-order valence-corrected chi connectivity index (χ1v) is 6.23. The van der Waals surface area contributed by atoms with E-state index < -0.39 is 0 Å². The Labute approximate surface area is 109 Å². The van der Waals surface area contributed by atoms with Gasteiger partial charge in [-0.15, -0.1) is 0 Å². The van der Waals surface area contributed by atoms with Crippen molar-refractivity contribution in [2.45, 2.75) is 40.0 Å². The van der Waals surface area contributed by atoms with Crippen molar-refractivity contribution in [3.05, 3.63) is 41.1 Å². The zero-order valence-corrected chi connectivity index (χ0v) is 11.8. The van der Waals surface area contributed by atoms with Crippen LogP contribution in [0.3, 0.4) is 0 Å². The van der Waals surface area contributed by atoms with E-state index in [1.54, 1.807) is 0 Å². The summed E-state index contributed by atoms with van der Waals surface area (Å²) in [6, 6.07) is 8.19. The largest absolute Gasteiger partial charge is 0.384 e. The van der Waals surface area contributed by atoms with Crippen molar-refractivity contribution in [3.8, 4) is 5.69 Å². The van der Waals surface area contributed by atoms with Crippen molar-refractivity contribution in [2.75, 3.05) is 5.73 Å². The maximum Gasteiger partial charge on any atom is 0.127 e. The predicted octanol–water partition coefficient (Wildman–Crippen LogP) is 3.37. The molecule has 0 fully saturated rings. The average molecular weight is 243 g/mol. The quantitative estimate of drug-likeness (QED) is 0.834. The molecule has 2 rings (SSSR count). The summed E-state index contributed by atoms with van der Waals surface area (Å²) in [5, 5.41) is 4.66. The van der Waals surface area contributed by atoms with Gasteiger partial charge in [-0.05, 0) is 25.0 Å². The summed E-state index contributed by atoms with van der Waals surface area (Å²) in [5.41, 5.74) is 10.6. The summed E-state index contributed by atoms with van der Waals surface area (Å²) < 4.78 is 1.85. The van der Waals surface area contributed by atoms with Crippen LogP contribution in [-0.2, 0) is 5.41 Å². The van der Waals surface area contributed by atoms with Crippen LogP contribution < -0.4 is 5.73 Å². The third kappa shape index (κ3) is 2.13. The standard InChI is InChI=1S/C15H21N3/c1-10-7-6-8-11(2)14(10)18-13(16)9-12(17-18)15(3,4)5/h6-9H,16H2,1-5H3. The molecule has 2 N–H and O–H groups in total. The smallest absolute Gasteiger partial charge is 0.127 e. The fraction of sp³-hybridized carbons (Fsp3) is 0.400. The number of nitrogen functional groups attached to an aromatic ring is 1. The summed E-state index contributed by atoms with van der Waals surface area (Å²) in [6.45, 7) is 10.6. The first-order chi connectivity index (χ1) is 8.30. The van der Waals surface area contributed by atoms with Crippen LogP contribution in [0, 0.1) is 13.8 Å². The van der Waals surface area contributed by atoms with Gasteiger partial charge in [-0.2, -0.15) is 5.10 Å². The minimum atomic E-state index is 0.00988. The number of rotatable bonds is 1. The lowest BCUT2D eigenvalue weighted by molar-refractivity contribution is 0.560. The fourth-order valence-corrected chi connectivity index (χ4v) is 2.08. The molecular weight excluding hydrogens is 222 g/mol. The molecule has 3 nitrogen and oxygen atoms in total. The van der Waals surface area contributed by atoms with Crippen LogP contribution in [0.5, 0.6) is 0 Å². The van der Waals surface area contributed by atoms with E-state index in [2.05, 4.69) is 57.9 Å². The van der Waals surface area contributed by atoms with Crippen molar-refractivity contribution in [2.24, 2.45) is 0 Å². The van der Waals surface area contributed by atoms with Crippen LogP contribution in [0.4, 0.5) is 5.82 Å². The number of nitrogens with two attached hydrogens (primary N) is 1. The predicted molar refractivity (Wildman–Crippen MR) is 76.2 cm³/mol. The third-order valence-electron chi connectivity index (χ3n) is 3.16. The molecule has 0 aliphatic rings. The summed E-state index contributed by atoms with van der Waals surface area (Å²) in [7, 11) is 0. The summed E-state index contributed by atoms with van der Waals surface area (Å²) in [6.07, 6.45) is 0. The summed E-state index contributed by atoms with van der Waals surface area (Å²) in [4.78, 5) is 0. The Morgan fingerprint density at radius 3 is 2.11 bits per heavy atom. The van der Waals surface area contributed by atoms with E-state index in [-0.39, 0.29) is 5.41 Å². The molecule has 2 aromatic rings. The molecule has 0 unspecified atom stereocenters. The van der Waals surface area contributed by atoms with E-state index in [0.717, 1.165) is 11.4 Å². The van der Waals surface area contributed by atoms with E-state index >= 15 is 0 Å². The number of para-hydroxylation sites is 1. The molecule has 96 valence electrons. The highest BCUT2D eigenvalue weighted by Gasteiger charge is 2.20. The molecule has 0 amide bonds. The molecule has 0 bridgehead atoms. The SMILES string of the molecule is Cc1cccc(C)c1-n1nc(C(C)(C)C)cc1N. The monoisotopic (exact) mass is 243 g/mol. The van der Waals surface area contributed by atoms with Crippen molar-refractivity contribution in [1.29, 1.82) is 0 Å². The van der Waals surface area contributed by atoms with Gasteiger partial charge < -0.3 is 5.73 Å². The second-order valence-corrected chi connectivity index (χ2v) is 5.86. The van der Waals surface area contributed by atoms with Crippen LogP contribution in [0.1, 0.15) is 37.6 Å². The van der Waals surface area contributed by atoms with E-state index in [1.807, 2.05) is 10.7 Å². The molecule has 0 aliphatic heterocycles. The maximum absolute atomic E-state index is 6.11. The van der Waals surface area contributed by atoms with E-state index in [1.165, 1.54) is 11.1 Å². The molecule has 3 heteroatoms. The number of nitrogens with zero attached hydrogens (tertiary/aromatic N) is 2. The highest BCUT2D eigenvalue weighted by atomic mass is 15.3. The number of aryl methyl sites for hydroxylation is 2. The molecule has 0 atom stereocenters. The number of hydrogen-bond donors (Lipinski definition) is 1. The van der Waals surface area contributed by atoms with Gasteiger partial charge in [0, 0.05) is 11.5 Å². The Morgan fingerprint density at radius 1 is 1.11 bits per heavy atom. The minimum Gasteiger partial charge on any atom is -0.384 e. The van der Waals surface area contributed by atoms with Gasteiger partial charge in [-0.3, -0.25) is 0 Å². The Balaban J connectivity index is 2.62. The Hall–Kier alpha value is -1.77. The van der Waals surface area contributed by atoms with E-state index in [0.29, 0.717) is 5.82 Å². The van der Waals surface area contributed by atoms with Gasteiger partial charge >= 0.3 is 0 Å². The van der Waals surface area contributed by atoms with Crippen LogP contribution in [0.15, 0.2) is 24.3 Å². The molecule has 0 saturated carbocycles. The highest BCUT2D eigenvalue weighted by molar-refractivity contribution is 5.52. The second kappa shape index (κ2) is 4.16. The van der Waals surface area contributed by atoms with Gasteiger partial charge in [0.2, 0.25) is 0 Å². The van der Waals surface area contributed by atoms with Gasteiger partial charge in [0.05, 0.1) is 11.4 Å². The van der Waals surface area contributed by atoms with Gasteiger partial charge in [0.15, 0.2) is 0 Å². The number of anilines is 1. The number of hydrogen-bond acceptors (Lipinski definition) is 2. The highest BCUT2D eigenvalue weighted by Crippen LogP contribution is 2.27. The van der Waals surface area contributed by atoms with E-state index in [9.17, 15) is 0 Å². The molecule has 1 aromatic heterocycles. The fourth-order valence-electron chi connectivity index (χ4n) is 2.08. The van der Waals surface area contributed by atoms with Crippen LogP contribution in [-0.4, -0.2) is 9.78 Å². The van der Waals surface area contributed by atoms with Gasteiger partial charge in [-0.1, -0.05) is 39.0 Å². The topological polar surface area (TPSA) is 43.8 Å². The molecule has 1 aromatic carbocycles. The van der Waals surface area contributed by atoms with Gasteiger partial charge in [0.1, 0.15) is 5.82 Å². The zero-order valence-electron chi connectivity index (χ0n) is 11.8. The lowest BCUT2D eigenvalue weighted by atomic mass is 9.92. The Morgan fingerprint density at radius 2 is 1.67 bits per heavy atom. The zero-order chi connectivity index (χ0) is 13.5. The van der Waals surface area contributed by atoms with Crippen LogP contribution in [0.25, 0.3) is 5.69 Å². The van der Waals surface area contributed by atoms with E-state index in [4.69, 9.17) is 5.73 Å². The Kier molecular flexibility index (Phi) is 2.93. The minimum absolute atomic E-state index is 0.00988. The molecular formula is C15H21N3. The van der Waals surface area contributed by atoms with Gasteiger partial charge in [0.25, 0.3) is 0 Å². The summed E-state index contributed by atoms with van der Waals surface area (Å²) >= 11 is 0. The first-order valence-electron chi connectivity index (χ1n) is 6.23. The van der Waals surface area contributed by atoms with Crippen LogP contribution in [0.2, 0.25) is 0 Å². The van der Waals surface area contributed by atoms with Crippen molar-refractivity contribution in [3.63, 3.8) is 0 Å². The average Bonchev–Trinajstić information content (AvgIpc) is 2.60. The summed E-state index contributed by atoms with van der Waals surface area (Å²) in [5.74, 6) is 0.692. The second-order valence-electron chi connectivity index (χ2n) is 5.86. The number of aromatic nitrogens is 2. The lowest BCUT2D eigenvalue weighted by Crippen LogP contribution is -2.13.